The fraction of sp³-hybridized carbons (Fsp3) is 0.400. The molecule has 0 radical (unpaired) electrons. The zero-order valence-electron chi connectivity index (χ0n) is 15.9. The first-order valence-corrected chi connectivity index (χ1v) is 10.4. The van der Waals surface area contributed by atoms with E-state index < -0.39 is 0 Å². The van der Waals surface area contributed by atoms with Crippen LogP contribution in [-0.2, 0) is 11.3 Å². The Balaban J connectivity index is 1.60. The SMILES string of the molecule is Cc1cnc(NC(=O)CCn2c(=O)c(N3CCCCC3)nc3ccccc32)s1. The Bertz CT molecular complexity index is 1050. The summed E-state index contributed by atoms with van der Waals surface area (Å²) in [5, 5.41) is 3.39. The molecule has 0 unspecified atom stereocenters. The first-order chi connectivity index (χ1) is 13.6. The number of para-hydroxylation sites is 2. The lowest BCUT2D eigenvalue weighted by Gasteiger charge is -2.27. The van der Waals surface area contributed by atoms with E-state index in [0.717, 1.165) is 41.8 Å². The molecular weight excluding hydrogens is 374 g/mol. The molecule has 28 heavy (non-hydrogen) atoms. The Morgan fingerprint density at radius 2 is 2.00 bits per heavy atom. The summed E-state index contributed by atoms with van der Waals surface area (Å²) in [4.78, 5) is 37.4. The van der Waals surface area contributed by atoms with Crippen molar-refractivity contribution in [3.8, 4) is 0 Å². The zero-order valence-corrected chi connectivity index (χ0v) is 16.7. The molecule has 0 bridgehead atoms. The van der Waals surface area contributed by atoms with Crippen molar-refractivity contribution in [1.29, 1.82) is 0 Å². The molecule has 1 aromatic carbocycles. The quantitative estimate of drug-likeness (QED) is 0.715. The second-order valence-electron chi connectivity index (χ2n) is 7.00. The molecule has 4 rings (SSSR count). The molecule has 0 atom stereocenters. The Morgan fingerprint density at radius 3 is 2.75 bits per heavy atom. The maximum atomic E-state index is 13.2. The van der Waals surface area contributed by atoms with Gasteiger partial charge in [-0.2, -0.15) is 0 Å². The van der Waals surface area contributed by atoms with E-state index in [1.807, 2.05) is 31.2 Å². The predicted octanol–water partition coefficient (Wildman–Crippen LogP) is 3.18. The van der Waals surface area contributed by atoms with Crippen LogP contribution in [0.3, 0.4) is 0 Å². The van der Waals surface area contributed by atoms with E-state index in [9.17, 15) is 9.59 Å². The van der Waals surface area contributed by atoms with Crippen molar-refractivity contribution in [1.82, 2.24) is 14.5 Å². The number of piperidine rings is 1. The summed E-state index contributed by atoms with van der Waals surface area (Å²) in [5.41, 5.74) is 1.41. The maximum Gasteiger partial charge on any atom is 0.294 e. The number of carbonyl (C=O) groups is 1. The molecule has 1 amide bonds. The maximum absolute atomic E-state index is 13.2. The molecule has 1 aliphatic rings. The number of hydrogen-bond acceptors (Lipinski definition) is 6. The summed E-state index contributed by atoms with van der Waals surface area (Å²) in [6.07, 6.45) is 5.26. The fourth-order valence-corrected chi connectivity index (χ4v) is 4.20. The van der Waals surface area contributed by atoms with E-state index in [2.05, 4.69) is 20.2 Å². The highest BCUT2D eigenvalue weighted by atomic mass is 32.1. The summed E-state index contributed by atoms with van der Waals surface area (Å²) < 4.78 is 1.68. The molecule has 1 N–H and O–H groups in total. The highest BCUT2D eigenvalue weighted by Crippen LogP contribution is 2.19. The number of thiazole rings is 1. The van der Waals surface area contributed by atoms with E-state index >= 15 is 0 Å². The van der Waals surface area contributed by atoms with Gasteiger partial charge in [-0.1, -0.05) is 12.1 Å². The van der Waals surface area contributed by atoms with Gasteiger partial charge in [-0.15, -0.1) is 11.3 Å². The normalized spacial score (nSPS) is 14.4. The van der Waals surface area contributed by atoms with Crippen LogP contribution in [0.25, 0.3) is 11.0 Å². The Kier molecular flexibility index (Phi) is 5.38. The van der Waals surface area contributed by atoms with Crippen LogP contribution in [-0.4, -0.2) is 33.5 Å². The van der Waals surface area contributed by atoms with Gasteiger partial charge in [-0.3, -0.25) is 9.59 Å². The van der Waals surface area contributed by atoms with Crippen molar-refractivity contribution in [3.05, 3.63) is 45.7 Å². The van der Waals surface area contributed by atoms with Crippen molar-refractivity contribution in [3.63, 3.8) is 0 Å². The molecular formula is C20H23N5O2S. The number of aromatic nitrogens is 3. The van der Waals surface area contributed by atoms with Crippen LogP contribution in [0, 0.1) is 6.92 Å². The molecule has 2 aromatic heterocycles. The third-order valence-corrected chi connectivity index (χ3v) is 5.75. The Morgan fingerprint density at radius 1 is 1.21 bits per heavy atom. The van der Waals surface area contributed by atoms with Crippen molar-refractivity contribution >= 4 is 39.2 Å². The molecule has 7 nitrogen and oxygen atoms in total. The molecule has 1 aliphatic heterocycles. The monoisotopic (exact) mass is 397 g/mol. The van der Waals surface area contributed by atoms with E-state index in [1.165, 1.54) is 17.8 Å². The molecule has 0 spiro atoms. The van der Waals surface area contributed by atoms with Crippen LogP contribution in [0.5, 0.6) is 0 Å². The minimum Gasteiger partial charge on any atom is -0.352 e. The van der Waals surface area contributed by atoms with Crippen molar-refractivity contribution < 1.29 is 4.79 Å². The highest BCUT2D eigenvalue weighted by Gasteiger charge is 2.19. The summed E-state index contributed by atoms with van der Waals surface area (Å²) >= 11 is 1.44. The average molecular weight is 398 g/mol. The van der Waals surface area contributed by atoms with Gasteiger partial charge < -0.3 is 14.8 Å². The smallest absolute Gasteiger partial charge is 0.294 e. The fourth-order valence-electron chi connectivity index (χ4n) is 3.52. The molecule has 3 aromatic rings. The van der Waals surface area contributed by atoms with Gasteiger partial charge >= 0.3 is 0 Å². The number of anilines is 2. The van der Waals surface area contributed by atoms with Gasteiger partial charge in [0.05, 0.1) is 11.0 Å². The number of amides is 1. The summed E-state index contributed by atoms with van der Waals surface area (Å²) in [6, 6.07) is 7.60. The van der Waals surface area contributed by atoms with Crippen molar-refractivity contribution in [2.75, 3.05) is 23.3 Å². The molecule has 8 heteroatoms. The lowest BCUT2D eigenvalue weighted by atomic mass is 10.1. The molecule has 1 saturated heterocycles. The number of fused-ring (bicyclic) bond motifs is 1. The summed E-state index contributed by atoms with van der Waals surface area (Å²) in [7, 11) is 0. The third kappa shape index (κ3) is 3.91. The highest BCUT2D eigenvalue weighted by molar-refractivity contribution is 7.15. The zero-order chi connectivity index (χ0) is 19.5. The van der Waals surface area contributed by atoms with Crippen LogP contribution < -0.4 is 15.8 Å². The van der Waals surface area contributed by atoms with Crippen LogP contribution in [0.4, 0.5) is 10.9 Å². The van der Waals surface area contributed by atoms with Crippen LogP contribution in [0.2, 0.25) is 0 Å². The molecule has 1 fully saturated rings. The Hall–Kier alpha value is -2.74. The second kappa shape index (κ2) is 8.10. The standard InChI is InChI=1S/C20H23N5O2S/c1-14-13-21-20(28-14)23-17(26)9-12-25-16-8-4-3-7-15(16)22-18(19(25)27)24-10-5-2-6-11-24/h3-4,7-8,13H,2,5-6,9-12H2,1H3,(H,21,23,26). The summed E-state index contributed by atoms with van der Waals surface area (Å²) in [5.74, 6) is 0.344. The van der Waals surface area contributed by atoms with E-state index in [1.54, 1.807) is 10.8 Å². The van der Waals surface area contributed by atoms with Gasteiger partial charge in [0.25, 0.3) is 5.56 Å². The molecule has 146 valence electrons. The van der Waals surface area contributed by atoms with Gasteiger partial charge in [-0.05, 0) is 38.3 Å². The van der Waals surface area contributed by atoms with Crippen molar-refractivity contribution in [2.45, 2.75) is 39.2 Å². The topological polar surface area (TPSA) is 80.1 Å². The number of nitrogens with one attached hydrogen (secondary N) is 1. The number of rotatable bonds is 5. The lowest BCUT2D eigenvalue weighted by Crippen LogP contribution is -2.37. The van der Waals surface area contributed by atoms with Gasteiger partial charge in [0.2, 0.25) is 5.91 Å². The van der Waals surface area contributed by atoms with E-state index in [4.69, 9.17) is 0 Å². The average Bonchev–Trinajstić information content (AvgIpc) is 3.12. The number of benzene rings is 1. The van der Waals surface area contributed by atoms with E-state index in [0.29, 0.717) is 17.5 Å². The predicted molar refractivity (Wildman–Crippen MR) is 112 cm³/mol. The first kappa shape index (κ1) is 18.6. The van der Waals surface area contributed by atoms with E-state index in [-0.39, 0.29) is 17.9 Å². The lowest BCUT2D eigenvalue weighted by molar-refractivity contribution is -0.116. The minimum absolute atomic E-state index is 0.126. The van der Waals surface area contributed by atoms with Gasteiger partial charge in [0, 0.05) is 37.1 Å². The molecule has 0 saturated carbocycles. The number of nitrogens with zero attached hydrogens (tertiary/aromatic N) is 4. The van der Waals surface area contributed by atoms with Crippen LogP contribution in [0.15, 0.2) is 35.3 Å². The Labute approximate surface area is 167 Å². The minimum atomic E-state index is -0.151. The van der Waals surface area contributed by atoms with Gasteiger partial charge in [0.15, 0.2) is 10.9 Å². The second-order valence-corrected chi connectivity index (χ2v) is 8.24. The van der Waals surface area contributed by atoms with Gasteiger partial charge in [-0.25, -0.2) is 9.97 Å². The molecule has 0 aliphatic carbocycles. The third-order valence-electron chi connectivity index (χ3n) is 4.92. The van der Waals surface area contributed by atoms with Crippen LogP contribution in [0.1, 0.15) is 30.6 Å². The number of hydrogen-bond donors (Lipinski definition) is 1. The number of carbonyl (C=O) groups excluding carboxylic acids is 1. The van der Waals surface area contributed by atoms with Crippen LogP contribution >= 0.6 is 11.3 Å². The first-order valence-electron chi connectivity index (χ1n) is 9.58. The van der Waals surface area contributed by atoms with Crippen molar-refractivity contribution in [2.24, 2.45) is 0 Å². The largest absolute Gasteiger partial charge is 0.352 e. The van der Waals surface area contributed by atoms with Gasteiger partial charge in [0.1, 0.15) is 0 Å². The number of aryl methyl sites for hydroxylation is 2. The summed E-state index contributed by atoms with van der Waals surface area (Å²) in [6.45, 7) is 3.95. The molecule has 3 heterocycles.